The van der Waals surface area contributed by atoms with E-state index in [2.05, 4.69) is 22.3 Å². The molecular weight excluding hydrogens is 378 g/mol. The second-order valence-electron chi connectivity index (χ2n) is 8.26. The maximum atomic E-state index is 13.0. The van der Waals surface area contributed by atoms with Crippen molar-refractivity contribution in [1.29, 1.82) is 0 Å². The highest BCUT2D eigenvalue weighted by Gasteiger charge is 2.40. The normalized spacial score (nSPS) is 21.2. The highest BCUT2D eigenvalue weighted by atomic mass is 16.5. The zero-order chi connectivity index (χ0) is 21.1. The largest absolute Gasteiger partial charge is 0.497 e. The number of carbonyl (C=O) groups is 2. The molecule has 2 fully saturated rings. The summed E-state index contributed by atoms with van der Waals surface area (Å²) in [7, 11) is 1.63. The summed E-state index contributed by atoms with van der Waals surface area (Å²) in [5.41, 5.74) is 2.76. The van der Waals surface area contributed by atoms with E-state index in [1.165, 1.54) is 18.9 Å². The topological polar surface area (TPSA) is 61.9 Å². The Bertz CT molecular complexity index is 895. The van der Waals surface area contributed by atoms with Crippen LogP contribution in [0.4, 0.5) is 5.69 Å². The Morgan fingerprint density at radius 2 is 1.80 bits per heavy atom. The van der Waals surface area contributed by atoms with Gasteiger partial charge in [0.25, 0.3) is 5.91 Å². The molecule has 2 amide bonds. The Hall–Kier alpha value is -2.86. The van der Waals surface area contributed by atoms with Crippen LogP contribution in [0, 0.1) is 5.92 Å². The fourth-order valence-corrected chi connectivity index (χ4v) is 4.68. The van der Waals surface area contributed by atoms with Crippen molar-refractivity contribution in [1.82, 2.24) is 9.80 Å². The molecule has 0 bridgehead atoms. The lowest BCUT2D eigenvalue weighted by molar-refractivity contribution is -0.114. The lowest BCUT2D eigenvalue weighted by Gasteiger charge is -2.36. The van der Waals surface area contributed by atoms with Gasteiger partial charge in [0.15, 0.2) is 0 Å². The number of fused-ring (bicyclic) bond motifs is 1. The quantitative estimate of drug-likeness (QED) is 0.825. The van der Waals surface area contributed by atoms with Crippen LogP contribution in [-0.4, -0.2) is 54.4 Å². The van der Waals surface area contributed by atoms with E-state index in [4.69, 9.17) is 4.74 Å². The predicted octanol–water partition coefficient (Wildman–Crippen LogP) is 3.39. The van der Waals surface area contributed by atoms with Gasteiger partial charge in [-0.2, -0.15) is 0 Å². The summed E-state index contributed by atoms with van der Waals surface area (Å²) in [5, 5.41) is 2.81. The molecule has 0 spiro atoms. The third kappa shape index (κ3) is 4.49. The SMILES string of the molecule is COc1ccc(C(=O)N2C[C@H]3CCCN(Cc4ccc(NC(C)=O)cc4)[C@H]3C2)cc1. The number of nitrogens with zero attached hydrogens (tertiary/aromatic N) is 2. The summed E-state index contributed by atoms with van der Waals surface area (Å²) >= 11 is 0. The Labute approximate surface area is 177 Å². The van der Waals surface area contributed by atoms with Gasteiger partial charge in [-0.3, -0.25) is 14.5 Å². The molecule has 2 aromatic carbocycles. The Morgan fingerprint density at radius 1 is 1.07 bits per heavy atom. The molecule has 6 heteroatoms. The van der Waals surface area contributed by atoms with E-state index in [1.54, 1.807) is 7.11 Å². The minimum Gasteiger partial charge on any atom is -0.497 e. The number of anilines is 1. The van der Waals surface area contributed by atoms with Crippen LogP contribution >= 0.6 is 0 Å². The van der Waals surface area contributed by atoms with E-state index in [0.29, 0.717) is 12.0 Å². The molecule has 158 valence electrons. The molecule has 2 aromatic rings. The summed E-state index contributed by atoms with van der Waals surface area (Å²) in [6, 6.07) is 15.8. The lowest BCUT2D eigenvalue weighted by atomic mass is 9.91. The zero-order valence-electron chi connectivity index (χ0n) is 17.6. The van der Waals surface area contributed by atoms with Crippen LogP contribution in [0.15, 0.2) is 48.5 Å². The van der Waals surface area contributed by atoms with E-state index >= 15 is 0 Å². The molecule has 0 aliphatic carbocycles. The van der Waals surface area contributed by atoms with Gasteiger partial charge in [0.05, 0.1) is 7.11 Å². The lowest BCUT2D eigenvalue weighted by Crippen LogP contribution is -2.44. The highest BCUT2D eigenvalue weighted by Crippen LogP contribution is 2.32. The molecule has 2 heterocycles. The van der Waals surface area contributed by atoms with Gasteiger partial charge < -0.3 is 15.0 Å². The van der Waals surface area contributed by atoms with Gasteiger partial charge in [-0.1, -0.05) is 12.1 Å². The van der Waals surface area contributed by atoms with Gasteiger partial charge in [-0.25, -0.2) is 0 Å². The second-order valence-corrected chi connectivity index (χ2v) is 8.26. The van der Waals surface area contributed by atoms with Crippen molar-refractivity contribution in [3.8, 4) is 5.75 Å². The average Bonchev–Trinajstić information content (AvgIpc) is 3.20. The molecule has 1 N–H and O–H groups in total. The van der Waals surface area contributed by atoms with Crippen LogP contribution in [0.5, 0.6) is 5.75 Å². The Kier molecular flexibility index (Phi) is 6.04. The number of methoxy groups -OCH3 is 1. The van der Waals surface area contributed by atoms with Crippen LogP contribution in [-0.2, 0) is 11.3 Å². The van der Waals surface area contributed by atoms with E-state index in [1.807, 2.05) is 41.3 Å². The number of nitrogens with one attached hydrogen (secondary N) is 1. The molecule has 0 unspecified atom stereocenters. The van der Waals surface area contributed by atoms with Crippen molar-refractivity contribution in [3.63, 3.8) is 0 Å². The molecule has 4 rings (SSSR count). The number of amides is 2. The first kappa shape index (κ1) is 20.4. The van der Waals surface area contributed by atoms with Crippen LogP contribution in [0.25, 0.3) is 0 Å². The van der Waals surface area contributed by atoms with Crippen LogP contribution < -0.4 is 10.1 Å². The highest BCUT2D eigenvalue weighted by molar-refractivity contribution is 5.94. The third-order valence-electron chi connectivity index (χ3n) is 6.18. The molecule has 2 aliphatic rings. The van der Waals surface area contributed by atoms with Gasteiger partial charge in [0, 0.05) is 43.9 Å². The monoisotopic (exact) mass is 407 g/mol. The molecule has 0 radical (unpaired) electrons. The van der Waals surface area contributed by atoms with E-state index in [9.17, 15) is 9.59 Å². The first-order chi connectivity index (χ1) is 14.5. The molecular formula is C24H29N3O3. The second kappa shape index (κ2) is 8.88. The first-order valence-corrected chi connectivity index (χ1v) is 10.6. The third-order valence-corrected chi connectivity index (χ3v) is 6.18. The Morgan fingerprint density at radius 3 is 2.47 bits per heavy atom. The summed E-state index contributed by atoms with van der Waals surface area (Å²) < 4.78 is 5.20. The maximum absolute atomic E-state index is 13.0. The minimum absolute atomic E-state index is 0.0609. The molecule has 2 aliphatic heterocycles. The number of carbonyl (C=O) groups excluding carboxylic acids is 2. The van der Waals surface area contributed by atoms with E-state index < -0.39 is 0 Å². The average molecular weight is 408 g/mol. The van der Waals surface area contributed by atoms with Crippen LogP contribution in [0.3, 0.4) is 0 Å². The fraction of sp³-hybridized carbons (Fsp3) is 0.417. The molecule has 2 saturated heterocycles. The van der Waals surface area contributed by atoms with Gasteiger partial charge in [0.1, 0.15) is 5.75 Å². The summed E-state index contributed by atoms with van der Waals surface area (Å²) in [6.07, 6.45) is 2.34. The number of piperidine rings is 1. The van der Waals surface area contributed by atoms with Gasteiger partial charge in [0.2, 0.25) is 5.91 Å². The van der Waals surface area contributed by atoms with Crippen molar-refractivity contribution in [2.75, 3.05) is 32.1 Å². The van der Waals surface area contributed by atoms with Crippen molar-refractivity contribution in [2.24, 2.45) is 5.92 Å². The first-order valence-electron chi connectivity index (χ1n) is 10.6. The number of benzene rings is 2. The van der Waals surface area contributed by atoms with Gasteiger partial charge in [-0.05, 0) is 67.3 Å². The smallest absolute Gasteiger partial charge is 0.253 e. The number of hydrogen-bond acceptors (Lipinski definition) is 4. The summed E-state index contributed by atoms with van der Waals surface area (Å²) in [5.74, 6) is 1.33. The zero-order valence-corrected chi connectivity index (χ0v) is 17.6. The molecule has 30 heavy (non-hydrogen) atoms. The van der Waals surface area contributed by atoms with Crippen molar-refractivity contribution in [2.45, 2.75) is 32.4 Å². The molecule has 2 atom stereocenters. The van der Waals surface area contributed by atoms with Gasteiger partial charge in [-0.15, -0.1) is 0 Å². The molecule has 0 saturated carbocycles. The van der Waals surface area contributed by atoms with Crippen molar-refractivity contribution < 1.29 is 14.3 Å². The number of ether oxygens (including phenoxy) is 1. The van der Waals surface area contributed by atoms with Gasteiger partial charge >= 0.3 is 0 Å². The summed E-state index contributed by atoms with van der Waals surface area (Å²) in [4.78, 5) is 28.7. The number of hydrogen-bond donors (Lipinski definition) is 1. The van der Waals surface area contributed by atoms with Crippen molar-refractivity contribution in [3.05, 3.63) is 59.7 Å². The summed E-state index contributed by atoms with van der Waals surface area (Å²) in [6.45, 7) is 5.04. The van der Waals surface area contributed by atoms with E-state index in [0.717, 1.165) is 49.6 Å². The maximum Gasteiger partial charge on any atom is 0.253 e. The minimum atomic E-state index is -0.0609. The molecule has 0 aromatic heterocycles. The predicted molar refractivity (Wildman–Crippen MR) is 117 cm³/mol. The number of likely N-dealkylation sites (tertiary alicyclic amines) is 2. The number of rotatable bonds is 5. The van der Waals surface area contributed by atoms with E-state index in [-0.39, 0.29) is 11.8 Å². The van der Waals surface area contributed by atoms with Crippen molar-refractivity contribution >= 4 is 17.5 Å². The molecule has 6 nitrogen and oxygen atoms in total. The fourth-order valence-electron chi connectivity index (χ4n) is 4.68. The van der Waals surface area contributed by atoms with Crippen LogP contribution in [0.2, 0.25) is 0 Å². The van der Waals surface area contributed by atoms with Crippen LogP contribution in [0.1, 0.15) is 35.7 Å². The standard InChI is InChI=1S/C24H29N3O3/c1-17(28)25-21-9-5-18(6-10-21)14-26-13-3-4-20-15-27(16-23(20)26)24(29)19-7-11-22(30-2)12-8-19/h5-12,20,23H,3-4,13-16H2,1-2H3,(H,25,28)/t20-,23+/m1/s1. The Balaban J connectivity index is 1.41.